The Bertz CT molecular complexity index is 958. The molecule has 0 bridgehead atoms. The number of hydrogen-bond acceptors (Lipinski definition) is 5. The van der Waals surface area contributed by atoms with Gasteiger partial charge in [-0.2, -0.15) is 0 Å². The number of carbonyl (C=O) groups is 2. The molecule has 0 radical (unpaired) electrons. The molecule has 2 amide bonds. The first kappa shape index (κ1) is 22.7. The van der Waals surface area contributed by atoms with Crippen LogP contribution in [-0.2, 0) is 16.1 Å². The van der Waals surface area contributed by atoms with Gasteiger partial charge in [0.05, 0.1) is 18.0 Å². The number of carbonyl (C=O) groups excluding carboxylic acids is 2. The molecule has 0 unspecified atom stereocenters. The molecule has 7 nitrogen and oxygen atoms in total. The van der Waals surface area contributed by atoms with Crippen LogP contribution in [0.5, 0.6) is 5.75 Å². The monoisotopic (exact) mass is 424 g/mol. The highest BCUT2D eigenvalue weighted by Crippen LogP contribution is 2.40. The topological polar surface area (TPSA) is 74.8 Å². The van der Waals surface area contributed by atoms with Crippen LogP contribution in [0.15, 0.2) is 36.5 Å². The first-order chi connectivity index (χ1) is 14.8. The number of hydrogen-bond donors (Lipinski definition) is 1. The molecule has 3 rings (SSSR count). The van der Waals surface area contributed by atoms with Gasteiger partial charge in [0.25, 0.3) is 0 Å². The van der Waals surface area contributed by atoms with E-state index in [1.807, 2.05) is 38.1 Å². The number of nitrogens with one attached hydrogen (secondary N) is 1. The van der Waals surface area contributed by atoms with Crippen LogP contribution in [-0.4, -0.2) is 43.5 Å². The van der Waals surface area contributed by atoms with Crippen LogP contribution in [0.2, 0.25) is 0 Å². The molecule has 2 aromatic rings. The molecule has 0 fully saturated rings. The van der Waals surface area contributed by atoms with Gasteiger partial charge in [-0.15, -0.1) is 0 Å². The maximum absolute atomic E-state index is 12.9. The SMILES string of the molecule is CCN1C(=O)C(C)(C)C(=O)N(C)c2cc(OCCCNCc3cccnc3C)ccc21. The lowest BCUT2D eigenvalue weighted by molar-refractivity contribution is -0.137. The van der Waals surface area contributed by atoms with Crippen molar-refractivity contribution in [3.63, 3.8) is 0 Å². The van der Waals surface area contributed by atoms with Crippen molar-refractivity contribution in [2.45, 2.75) is 40.7 Å². The summed E-state index contributed by atoms with van der Waals surface area (Å²) < 4.78 is 5.93. The van der Waals surface area contributed by atoms with Crippen molar-refractivity contribution < 1.29 is 14.3 Å². The van der Waals surface area contributed by atoms with Gasteiger partial charge >= 0.3 is 0 Å². The fourth-order valence-electron chi connectivity index (χ4n) is 3.79. The van der Waals surface area contributed by atoms with Crippen molar-refractivity contribution in [3.8, 4) is 5.75 Å². The first-order valence-electron chi connectivity index (χ1n) is 10.8. The second-order valence-corrected chi connectivity index (χ2v) is 8.32. The van der Waals surface area contributed by atoms with Gasteiger partial charge in [-0.25, -0.2) is 0 Å². The molecule has 0 aliphatic carbocycles. The maximum atomic E-state index is 12.9. The number of amides is 2. The molecular weight excluding hydrogens is 392 g/mol. The van der Waals surface area contributed by atoms with Crippen LogP contribution in [0.3, 0.4) is 0 Å². The zero-order chi connectivity index (χ0) is 22.6. The minimum Gasteiger partial charge on any atom is -0.493 e. The van der Waals surface area contributed by atoms with E-state index in [4.69, 9.17) is 4.74 Å². The number of rotatable bonds is 8. The van der Waals surface area contributed by atoms with Crippen molar-refractivity contribution >= 4 is 23.2 Å². The van der Waals surface area contributed by atoms with Gasteiger partial charge in [0.15, 0.2) is 0 Å². The van der Waals surface area contributed by atoms with Crippen molar-refractivity contribution in [1.29, 1.82) is 0 Å². The molecular formula is C24H32N4O3. The minimum atomic E-state index is -1.11. The number of aryl methyl sites for hydroxylation is 1. The predicted octanol–water partition coefficient (Wildman–Crippen LogP) is 3.30. The second-order valence-electron chi connectivity index (χ2n) is 8.32. The average Bonchev–Trinajstić information content (AvgIpc) is 2.81. The molecule has 31 heavy (non-hydrogen) atoms. The predicted molar refractivity (Wildman–Crippen MR) is 122 cm³/mol. The number of fused-ring (bicyclic) bond motifs is 1. The quantitative estimate of drug-likeness (QED) is 0.520. The summed E-state index contributed by atoms with van der Waals surface area (Å²) in [7, 11) is 1.71. The Morgan fingerprint density at radius 3 is 2.61 bits per heavy atom. The minimum absolute atomic E-state index is 0.186. The summed E-state index contributed by atoms with van der Waals surface area (Å²) in [5, 5.41) is 3.41. The van der Waals surface area contributed by atoms with E-state index in [1.54, 1.807) is 36.9 Å². The number of anilines is 2. The van der Waals surface area contributed by atoms with Crippen LogP contribution in [0.1, 0.15) is 38.4 Å². The van der Waals surface area contributed by atoms with Gasteiger partial charge < -0.3 is 19.9 Å². The lowest BCUT2D eigenvalue weighted by Crippen LogP contribution is -2.47. The molecule has 1 N–H and O–H groups in total. The average molecular weight is 425 g/mol. The highest BCUT2D eigenvalue weighted by molar-refractivity contribution is 6.20. The van der Waals surface area contributed by atoms with Crippen LogP contribution < -0.4 is 19.9 Å². The van der Waals surface area contributed by atoms with E-state index in [-0.39, 0.29) is 11.8 Å². The highest BCUT2D eigenvalue weighted by Gasteiger charge is 2.45. The van der Waals surface area contributed by atoms with Gasteiger partial charge in [-0.3, -0.25) is 14.6 Å². The van der Waals surface area contributed by atoms with Gasteiger partial charge in [0.2, 0.25) is 11.8 Å². The van der Waals surface area contributed by atoms with Crippen LogP contribution in [0.4, 0.5) is 11.4 Å². The molecule has 1 aromatic carbocycles. The molecule has 7 heteroatoms. The molecule has 0 saturated heterocycles. The number of aromatic nitrogens is 1. The zero-order valence-electron chi connectivity index (χ0n) is 19.1. The van der Waals surface area contributed by atoms with Gasteiger partial charge in [-0.05, 0) is 64.4 Å². The van der Waals surface area contributed by atoms with Crippen molar-refractivity contribution in [3.05, 3.63) is 47.8 Å². The molecule has 0 atom stereocenters. The van der Waals surface area contributed by atoms with Crippen LogP contribution in [0.25, 0.3) is 0 Å². The fraction of sp³-hybridized carbons (Fsp3) is 0.458. The van der Waals surface area contributed by atoms with E-state index >= 15 is 0 Å². The Morgan fingerprint density at radius 2 is 1.90 bits per heavy atom. The molecule has 0 spiro atoms. The summed E-state index contributed by atoms with van der Waals surface area (Å²) in [6.07, 6.45) is 2.65. The van der Waals surface area contributed by atoms with Gasteiger partial charge in [-0.1, -0.05) is 6.07 Å². The van der Waals surface area contributed by atoms with E-state index in [1.165, 1.54) is 5.56 Å². The number of ether oxygens (including phenoxy) is 1. The third-order valence-electron chi connectivity index (χ3n) is 5.73. The van der Waals surface area contributed by atoms with Crippen LogP contribution >= 0.6 is 0 Å². The number of pyridine rings is 1. The summed E-state index contributed by atoms with van der Waals surface area (Å²) in [6.45, 7) is 9.94. The molecule has 166 valence electrons. The Balaban J connectivity index is 1.61. The van der Waals surface area contributed by atoms with Gasteiger partial charge in [0.1, 0.15) is 11.2 Å². The summed E-state index contributed by atoms with van der Waals surface area (Å²) in [5.41, 5.74) is 2.55. The number of nitrogens with zero attached hydrogens (tertiary/aromatic N) is 3. The smallest absolute Gasteiger partial charge is 0.242 e. The first-order valence-corrected chi connectivity index (χ1v) is 10.8. The molecule has 1 aromatic heterocycles. The lowest BCUT2D eigenvalue weighted by atomic mass is 9.90. The summed E-state index contributed by atoms with van der Waals surface area (Å²) in [4.78, 5) is 33.4. The normalized spacial score (nSPS) is 15.6. The summed E-state index contributed by atoms with van der Waals surface area (Å²) in [6, 6.07) is 9.59. The van der Waals surface area contributed by atoms with E-state index in [2.05, 4.69) is 16.4 Å². The fourth-order valence-corrected chi connectivity index (χ4v) is 3.79. The van der Waals surface area contributed by atoms with Crippen LogP contribution in [0, 0.1) is 12.3 Å². The Morgan fingerprint density at radius 1 is 1.13 bits per heavy atom. The summed E-state index contributed by atoms with van der Waals surface area (Å²) in [5.74, 6) is 0.278. The second kappa shape index (κ2) is 9.47. The molecule has 2 heterocycles. The largest absolute Gasteiger partial charge is 0.493 e. The zero-order valence-corrected chi connectivity index (χ0v) is 19.1. The van der Waals surface area contributed by atoms with E-state index in [0.29, 0.717) is 24.6 Å². The van der Waals surface area contributed by atoms with E-state index in [9.17, 15) is 9.59 Å². The lowest BCUT2D eigenvalue weighted by Gasteiger charge is -2.27. The van der Waals surface area contributed by atoms with E-state index < -0.39 is 5.41 Å². The molecule has 1 aliphatic rings. The number of benzene rings is 1. The third kappa shape index (κ3) is 4.71. The highest BCUT2D eigenvalue weighted by atomic mass is 16.5. The summed E-state index contributed by atoms with van der Waals surface area (Å²) >= 11 is 0. The van der Waals surface area contributed by atoms with Gasteiger partial charge in [0, 0.05) is 38.1 Å². The maximum Gasteiger partial charge on any atom is 0.242 e. The molecule has 0 saturated carbocycles. The molecule has 1 aliphatic heterocycles. The Hall–Kier alpha value is -2.93. The van der Waals surface area contributed by atoms with E-state index in [0.717, 1.165) is 30.9 Å². The third-order valence-corrected chi connectivity index (χ3v) is 5.73. The Kier molecular flexibility index (Phi) is 6.95. The van der Waals surface area contributed by atoms with Crippen molar-refractivity contribution in [2.75, 3.05) is 36.5 Å². The Labute approximate surface area is 184 Å². The van der Waals surface area contributed by atoms with Crippen molar-refractivity contribution in [1.82, 2.24) is 10.3 Å². The van der Waals surface area contributed by atoms with Crippen molar-refractivity contribution in [2.24, 2.45) is 5.41 Å². The standard InChI is InChI=1S/C24H32N4O3/c1-6-28-20-11-10-19(15-21(20)27(5)22(29)24(3,4)23(28)30)31-14-8-12-25-16-18-9-7-13-26-17(18)2/h7,9-11,13,15,25H,6,8,12,14,16H2,1-5H3.